The summed E-state index contributed by atoms with van der Waals surface area (Å²) in [6.45, 7) is 5.47. The van der Waals surface area contributed by atoms with Crippen molar-refractivity contribution in [3.63, 3.8) is 0 Å². The Hall–Kier alpha value is -3.08. The van der Waals surface area contributed by atoms with Crippen LogP contribution in [0.25, 0.3) is 11.1 Å². The van der Waals surface area contributed by atoms with E-state index in [1.54, 1.807) is 44.3 Å². The third-order valence-corrected chi connectivity index (χ3v) is 5.17. The molecule has 0 bridgehead atoms. The Labute approximate surface area is 188 Å². The number of benzene rings is 1. The molecule has 0 spiro atoms. The Morgan fingerprint density at radius 3 is 2.36 bits per heavy atom. The molecule has 1 aliphatic heterocycles. The Morgan fingerprint density at radius 2 is 1.67 bits per heavy atom. The minimum absolute atomic E-state index is 0.0317. The van der Waals surface area contributed by atoms with E-state index in [4.69, 9.17) is 9.47 Å². The van der Waals surface area contributed by atoms with Crippen LogP contribution in [-0.4, -0.2) is 39.1 Å². The first-order chi connectivity index (χ1) is 15.4. The van der Waals surface area contributed by atoms with Gasteiger partial charge in [0.2, 0.25) is 5.95 Å². The van der Waals surface area contributed by atoms with E-state index in [1.807, 2.05) is 13.0 Å². The number of hydrogen-bond donors (Lipinski definition) is 2. The quantitative estimate of drug-likeness (QED) is 0.589. The number of rotatable bonds is 4. The van der Waals surface area contributed by atoms with Crippen molar-refractivity contribution in [3.05, 3.63) is 65.7 Å². The van der Waals surface area contributed by atoms with Crippen molar-refractivity contribution in [3.8, 4) is 11.1 Å². The average Bonchev–Trinajstić information content (AvgIpc) is 2.75. The van der Waals surface area contributed by atoms with Crippen LogP contribution < -0.4 is 5.32 Å². The molecule has 3 aromatic rings. The minimum Gasteiger partial charge on any atom is -0.379 e. The fourth-order valence-corrected chi connectivity index (χ4v) is 3.41. The molecule has 1 aliphatic rings. The summed E-state index contributed by atoms with van der Waals surface area (Å²) < 4.78 is 50.1. The lowest BCUT2D eigenvalue weighted by atomic mass is 9.95. The molecule has 174 valence electrons. The van der Waals surface area contributed by atoms with E-state index in [0.29, 0.717) is 11.4 Å². The molecule has 33 heavy (non-hydrogen) atoms. The molecular formula is C23H23F3N4O3. The van der Waals surface area contributed by atoms with Gasteiger partial charge in [0, 0.05) is 18.1 Å². The Kier molecular flexibility index (Phi) is 5.85. The molecule has 0 radical (unpaired) electrons. The molecule has 0 amide bonds. The van der Waals surface area contributed by atoms with Crippen molar-refractivity contribution in [2.24, 2.45) is 0 Å². The zero-order valence-electron chi connectivity index (χ0n) is 18.3. The van der Waals surface area contributed by atoms with Gasteiger partial charge in [-0.05, 0) is 67.8 Å². The van der Waals surface area contributed by atoms with E-state index >= 15 is 0 Å². The number of anilines is 2. The van der Waals surface area contributed by atoms with Gasteiger partial charge in [-0.25, -0.2) is 9.97 Å². The maximum absolute atomic E-state index is 13.0. The summed E-state index contributed by atoms with van der Waals surface area (Å²) in [6.07, 6.45) is -1.93. The molecule has 0 atom stereocenters. The highest BCUT2D eigenvalue weighted by Gasteiger charge is 2.41. The van der Waals surface area contributed by atoms with Gasteiger partial charge in [0.15, 0.2) is 11.4 Å². The van der Waals surface area contributed by atoms with Crippen LogP contribution in [0.5, 0.6) is 0 Å². The maximum Gasteiger partial charge on any atom is 0.433 e. The number of ether oxygens (including phenoxy) is 2. The standard InChI is InChI=1S/C23H23F3N4O3/c1-14-8-16(10-17(9-14)29-20-28-7-5-18(30-20)23(24,25)26)15-4-6-27-19(11-15)22(31)12-32-21(2,3)33-13-22/h4-11,31H,12-13H2,1-3H3,(H,28,29,30). The van der Waals surface area contributed by atoms with Gasteiger partial charge in [-0.1, -0.05) is 6.07 Å². The van der Waals surface area contributed by atoms with Gasteiger partial charge in [0.1, 0.15) is 5.69 Å². The number of nitrogens with zero attached hydrogens (tertiary/aromatic N) is 3. The molecule has 4 rings (SSSR count). The fourth-order valence-electron chi connectivity index (χ4n) is 3.41. The highest BCUT2D eigenvalue weighted by molar-refractivity contribution is 5.71. The van der Waals surface area contributed by atoms with Crippen LogP contribution in [0.3, 0.4) is 0 Å². The van der Waals surface area contributed by atoms with Gasteiger partial charge in [0.05, 0.1) is 18.9 Å². The van der Waals surface area contributed by atoms with E-state index in [2.05, 4.69) is 20.3 Å². The maximum atomic E-state index is 13.0. The molecular weight excluding hydrogens is 437 g/mol. The van der Waals surface area contributed by atoms with E-state index in [1.165, 1.54) is 0 Å². The van der Waals surface area contributed by atoms with E-state index < -0.39 is 23.3 Å². The van der Waals surface area contributed by atoms with E-state index in [9.17, 15) is 18.3 Å². The largest absolute Gasteiger partial charge is 0.433 e. The first-order valence-electron chi connectivity index (χ1n) is 10.2. The molecule has 2 aromatic heterocycles. The third-order valence-electron chi connectivity index (χ3n) is 5.17. The van der Waals surface area contributed by atoms with Crippen molar-refractivity contribution in [1.29, 1.82) is 0 Å². The Balaban J connectivity index is 1.62. The Morgan fingerprint density at radius 1 is 0.970 bits per heavy atom. The molecule has 3 heterocycles. The SMILES string of the molecule is Cc1cc(Nc2nccc(C(F)(F)F)n2)cc(-c2ccnc(C3(O)COC(C)(C)OC3)c2)c1. The van der Waals surface area contributed by atoms with Gasteiger partial charge >= 0.3 is 6.18 Å². The fraction of sp³-hybridized carbons (Fsp3) is 0.348. The third kappa shape index (κ3) is 5.29. The lowest BCUT2D eigenvalue weighted by Crippen LogP contribution is -2.49. The number of aliphatic hydroxyl groups is 1. The summed E-state index contributed by atoms with van der Waals surface area (Å²) in [5.41, 5.74) is 0.887. The van der Waals surface area contributed by atoms with Crippen LogP contribution in [0.15, 0.2) is 48.8 Å². The van der Waals surface area contributed by atoms with Crippen molar-refractivity contribution in [1.82, 2.24) is 15.0 Å². The van der Waals surface area contributed by atoms with E-state index in [-0.39, 0.29) is 19.2 Å². The molecule has 0 aliphatic carbocycles. The monoisotopic (exact) mass is 460 g/mol. The van der Waals surface area contributed by atoms with Gasteiger partial charge < -0.3 is 19.9 Å². The number of aryl methyl sites for hydroxylation is 1. The van der Waals surface area contributed by atoms with Crippen molar-refractivity contribution < 1.29 is 27.8 Å². The smallest absolute Gasteiger partial charge is 0.379 e. The second kappa shape index (κ2) is 8.36. The first kappa shape index (κ1) is 23.1. The average molecular weight is 460 g/mol. The van der Waals surface area contributed by atoms with Gasteiger partial charge in [-0.3, -0.25) is 4.98 Å². The first-order valence-corrected chi connectivity index (χ1v) is 10.2. The molecule has 10 heteroatoms. The van der Waals surface area contributed by atoms with Gasteiger partial charge in [-0.15, -0.1) is 0 Å². The van der Waals surface area contributed by atoms with Crippen molar-refractivity contribution in [2.45, 2.75) is 38.3 Å². The van der Waals surface area contributed by atoms with Crippen LogP contribution >= 0.6 is 0 Å². The summed E-state index contributed by atoms with van der Waals surface area (Å²) >= 11 is 0. The zero-order chi connectivity index (χ0) is 23.9. The number of pyridine rings is 1. The number of hydrogen-bond acceptors (Lipinski definition) is 7. The predicted molar refractivity (Wildman–Crippen MR) is 115 cm³/mol. The molecule has 1 fully saturated rings. The molecule has 1 aromatic carbocycles. The molecule has 7 nitrogen and oxygen atoms in total. The number of aromatic nitrogens is 3. The van der Waals surface area contributed by atoms with Crippen LogP contribution in [0.1, 0.15) is 30.8 Å². The highest BCUT2D eigenvalue weighted by atomic mass is 19.4. The summed E-state index contributed by atoms with van der Waals surface area (Å²) in [6, 6.07) is 9.78. The van der Waals surface area contributed by atoms with Crippen LogP contribution in [0.2, 0.25) is 0 Å². The van der Waals surface area contributed by atoms with Gasteiger partial charge in [-0.2, -0.15) is 13.2 Å². The normalized spacial score (nSPS) is 17.5. The topological polar surface area (TPSA) is 89.4 Å². The molecule has 2 N–H and O–H groups in total. The Bertz CT molecular complexity index is 1160. The molecule has 1 saturated heterocycles. The predicted octanol–water partition coefficient (Wildman–Crippen LogP) is 4.58. The van der Waals surface area contributed by atoms with Crippen molar-refractivity contribution >= 4 is 11.6 Å². The lowest BCUT2D eigenvalue weighted by Gasteiger charge is -2.39. The summed E-state index contributed by atoms with van der Waals surface area (Å²) in [4.78, 5) is 11.7. The molecule has 0 unspecified atom stereocenters. The second-order valence-electron chi connectivity index (χ2n) is 8.41. The second-order valence-corrected chi connectivity index (χ2v) is 8.41. The number of nitrogens with one attached hydrogen (secondary N) is 1. The summed E-state index contributed by atoms with van der Waals surface area (Å²) in [7, 11) is 0. The minimum atomic E-state index is -4.56. The van der Waals surface area contributed by atoms with Crippen LogP contribution in [0, 0.1) is 6.92 Å². The summed E-state index contributed by atoms with van der Waals surface area (Å²) in [5.74, 6) is -0.947. The van der Waals surface area contributed by atoms with E-state index in [0.717, 1.165) is 29.0 Å². The molecule has 0 saturated carbocycles. The highest BCUT2D eigenvalue weighted by Crippen LogP contribution is 2.33. The van der Waals surface area contributed by atoms with Crippen LogP contribution in [0.4, 0.5) is 24.8 Å². The van der Waals surface area contributed by atoms with Crippen molar-refractivity contribution in [2.75, 3.05) is 18.5 Å². The number of halogens is 3. The summed E-state index contributed by atoms with van der Waals surface area (Å²) in [5, 5.41) is 13.8. The van der Waals surface area contributed by atoms with Crippen LogP contribution in [-0.2, 0) is 21.3 Å². The zero-order valence-corrected chi connectivity index (χ0v) is 18.3. The lowest BCUT2D eigenvalue weighted by molar-refractivity contribution is -0.305. The van der Waals surface area contributed by atoms with Gasteiger partial charge in [0.25, 0.3) is 0 Å². The number of alkyl halides is 3.